The van der Waals surface area contributed by atoms with Crippen molar-refractivity contribution in [1.82, 2.24) is 0 Å². The van der Waals surface area contributed by atoms with Crippen LogP contribution in [-0.4, -0.2) is 22.9 Å². The number of carboxylic acids is 1. The van der Waals surface area contributed by atoms with Crippen molar-refractivity contribution in [3.63, 3.8) is 0 Å². The molecule has 0 heterocycles. The topological polar surface area (TPSA) is 58.9 Å². The van der Waals surface area contributed by atoms with Crippen LogP contribution >= 0.6 is 0 Å². The van der Waals surface area contributed by atoms with Gasteiger partial charge in [0, 0.05) is 0 Å². The van der Waals surface area contributed by atoms with Crippen LogP contribution in [0.5, 0.6) is 0 Å². The van der Waals surface area contributed by atoms with Crippen LogP contribution < -0.4 is 0 Å². The lowest BCUT2D eigenvalue weighted by atomic mass is 10.4. The monoisotopic (exact) mass is 143 g/mol. The zero-order valence-corrected chi connectivity index (χ0v) is 5.70. The van der Waals surface area contributed by atoms with E-state index < -0.39 is 5.97 Å². The second-order valence-corrected chi connectivity index (χ2v) is 2.29. The Bertz CT molecular complexity index is 172. The van der Waals surface area contributed by atoms with Crippen LogP contribution in [0.25, 0.3) is 0 Å². The molecule has 0 amide bonds. The molecule has 1 rings (SSSR count). The molecule has 4 nitrogen and oxygen atoms in total. The van der Waals surface area contributed by atoms with Gasteiger partial charge >= 0.3 is 5.97 Å². The maximum Gasteiger partial charge on any atom is 0.353 e. The van der Waals surface area contributed by atoms with Crippen molar-refractivity contribution < 1.29 is 14.7 Å². The molecule has 1 saturated carbocycles. The average molecular weight is 143 g/mol. The third-order valence-corrected chi connectivity index (χ3v) is 1.17. The van der Waals surface area contributed by atoms with Gasteiger partial charge in [-0.1, -0.05) is 5.16 Å². The third-order valence-electron chi connectivity index (χ3n) is 1.17. The summed E-state index contributed by atoms with van der Waals surface area (Å²) in [6.45, 7) is 1.41. The number of nitrogens with zero attached hydrogens (tertiary/aromatic N) is 1. The van der Waals surface area contributed by atoms with E-state index in [2.05, 4.69) is 5.16 Å². The Balaban J connectivity index is 2.29. The van der Waals surface area contributed by atoms with Gasteiger partial charge in [-0.05, 0) is 19.8 Å². The summed E-state index contributed by atoms with van der Waals surface area (Å²) in [5, 5.41) is 11.7. The Morgan fingerprint density at radius 3 is 2.70 bits per heavy atom. The van der Waals surface area contributed by atoms with Gasteiger partial charge in [-0.2, -0.15) is 0 Å². The van der Waals surface area contributed by atoms with Crippen molar-refractivity contribution in [2.75, 3.05) is 0 Å². The van der Waals surface area contributed by atoms with Gasteiger partial charge in [0.25, 0.3) is 0 Å². The number of rotatable bonds is 3. The molecule has 4 heteroatoms. The van der Waals surface area contributed by atoms with Crippen LogP contribution in [0.3, 0.4) is 0 Å². The quantitative estimate of drug-likeness (QED) is 0.465. The van der Waals surface area contributed by atoms with Crippen LogP contribution in [0.1, 0.15) is 19.8 Å². The normalized spacial score (nSPS) is 18.7. The minimum absolute atomic E-state index is 0.00639. The first-order chi connectivity index (χ1) is 4.70. The van der Waals surface area contributed by atoms with Crippen molar-refractivity contribution in [2.45, 2.75) is 25.9 Å². The summed E-state index contributed by atoms with van der Waals surface area (Å²) in [4.78, 5) is 14.9. The lowest BCUT2D eigenvalue weighted by molar-refractivity contribution is -0.129. The fraction of sp³-hybridized carbons (Fsp3) is 0.667. The molecule has 10 heavy (non-hydrogen) atoms. The second-order valence-electron chi connectivity index (χ2n) is 2.29. The summed E-state index contributed by atoms with van der Waals surface area (Å²) >= 11 is 0. The molecule has 0 radical (unpaired) electrons. The molecule has 1 fully saturated rings. The summed E-state index contributed by atoms with van der Waals surface area (Å²) in [5.41, 5.74) is 0.00639. The van der Waals surface area contributed by atoms with Gasteiger partial charge in [-0.25, -0.2) is 4.79 Å². The fourth-order valence-corrected chi connectivity index (χ4v) is 0.366. The van der Waals surface area contributed by atoms with Gasteiger partial charge in [-0.3, -0.25) is 0 Å². The molecule has 0 aromatic heterocycles. The molecule has 0 aromatic carbocycles. The van der Waals surface area contributed by atoms with Crippen LogP contribution in [0, 0.1) is 0 Å². The van der Waals surface area contributed by atoms with E-state index in [1.54, 1.807) is 0 Å². The minimum atomic E-state index is -1.03. The summed E-state index contributed by atoms with van der Waals surface area (Å²) in [7, 11) is 0. The Morgan fingerprint density at radius 2 is 2.30 bits per heavy atom. The van der Waals surface area contributed by atoms with E-state index in [0.717, 1.165) is 12.8 Å². The highest BCUT2D eigenvalue weighted by Gasteiger charge is 2.23. The zero-order valence-electron chi connectivity index (χ0n) is 5.70. The van der Waals surface area contributed by atoms with Crippen LogP contribution in [0.15, 0.2) is 5.16 Å². The first-order valence-electron chi connectivity index (χ1n) is 3.14. The molecular formula is C6H9NO3. The van der Waals surface area contributed by atoms with E-state index >= 15 is 0 Å². The van der Waals surface area contributed by atoms with E-state index in [1.165, 1.54) is 6.92 Å². The Hall–Kier alpha value is -1.06. The van der Waals surface area contributed by atoms with Crippen LogP contribution in [0.4, 0.5) is 0 Å². The molecular weight excluding hydrogens is 134 g/mol. The molecule has 0 spiro atoms. The largest absolute Gasteiger partial charge is 0.477 e. The third kappa shape index (κ3) is 2.05. The Kier molecular flexibility index (Phi) is 1.89. The molecule has 56 valence electrons. The van der Waals surface area contributed by atoms with E-state index in [1.807, 2.05) is 0 Å². The summed E-state index contributed by atoms with van der Waals surface area (Å²) in [5.74, 6) is -1.03. The Labute approximate surface area is 58.5 Å². The summed E-state index contributed by atoms with van der Waals surface area (Å²) in [6, 6.07) is 0. The highest BCUT2D eigenvalue weighted by Crippen LogP contribution is 2.23. The molecule has 0 bridgehead atoms. The Morgan fingerprint density at radius 1 is 1.70 bits per heavy atom. The fourth-order valence-electron chi connectivity index (χ4n) is 0.366. The molecule has 0 aliphatic heterocycles. The maximum atomic E-state index is 10.1. The standard InChI is InChI=1S/C6H9NO3/c1-4(6(8)9)7-10-5-2-3-5/h5H,2-3H2,1H3,(H,8,9). The smallest absolute Gasteiger partial charge is 0.353 e. The lowest BCUT2D eigenvalue weighted by Gasteiger charge is -1.93. The number of oxime groups is 1. The van der Waals surface area contributed by atoms with Crippen LogP contribution in [0.2, 0.25) is 0 Å². The van der Waals surface area contributed by atoms with E-state index in [4.69, 9.17) is 9.94 Å². The molecule has 0 atom stereocenters. The predicted molar refractivity (Wildman–Crippen MR) is 34.9 cm³/mol. The number of aliphatic carboxylic acids is 1. The van der Waals surface area contributed by atoms with Crippen molar-refractivity contribution in [3.8, 4) is 0 Å². The summed E-state index contributed by atoms with van der Waals surface area (Å²) < 4.78 is 0. The van der Waals surface area contributed by atoms with Gasteiger partial charge in [-0.15, -0.1) is 0 Å². The molecule has 0 aromatic rings. The molecule has 0 unspecified atom stereocenters. The number of carboxylic acid groups (broad SMARTS) is 1. The predicted octanol–water partition coefficient (Wildman–Crippen LogP) is 0.626. The zero-order chi connectivity index (χ0) is 7.56. The van der Waals surface area contributed by atoms with Crippen molar-refractivity contribution in [2.24, 2.45) is 5.16 Å². The van der Waals surface area contributed by atoms with Crippen molar-refractivity contribution in [1.29, 1.82) is 0 Å². The van der Waals surface area contributed by atoms with Gasteiger partial charge in [0.1, 0.15) is 6.10 Å². The molecule has 1 N–H and O–H groups in total. The first kappa shape index (κ1) is 7.05. The number of carbonyl (C=O) groups is 1. The summed E-state index contributed by atoms with van der Waals surface area (Å²) in [6.07, 6.45) is 2.17. The van der Waals surface area contributed by atoms with Crippen LogP contribution in [-0.2, 0) is 9.63 Å². The van der Waals surface area contributed by atoms with E-state index in [-0.39, 0.29) is 11.8 Å². The number of hydrogen-bond donors (Lipinski definition) is 1. The SMILES string of the molecule is CC(=NOC1CC1)C(=O)O. The van der Waals surface area contributed by atoms with Crippen molar-refractivity contribution >= 4 is 11.7 Å². The first-order valence-corrected chi connectivity index (χ1v) is 3.14. The van der Waals surface area contributed by atoms with E-state index in [9.17, 15) is 4.79 Å². The average Bonchev–Trinajstić information content (AvgIpc) is 2.64. The van der Waals surface area contributed by atoms with Gasteiger partial charge in [0.05, 0.1) is 0 Å². The minimum Gasteiger partial charge on any atom is -0.477 e. The van der Waals surface area contributed by atoms with Crippen molar-refractivity contribution in [3.05, 3.63) is 0 Å². The second kappa shape index (κ2) is 2.68. The maximum absolute atomic E-state index is 10.1. The molecule has 1 aliphatic carbocycles. The van der Waals surface area contributed by atoms with Gasteiger partial charge < -0.3 is 9.94 Å². The molecule has 0 saturated heterocycles. The lowest BCUT2D eigenvalue weighted by Crippen LogP contribution is -2.08. The van der Waals surface area contributed by atoms with Gasteiger partial charge in [0.2, 0.25) is 0 Å². The number of hydrogen-bond acceptors (Lipinski definition) is 3. The molecule has 1 aliphatic rings. The highest BCUT2D eigenvalue weighted by molar-refractivity contribution is 6.34. The van der Waals surface area contributed by atoms with Gasteiger partial charge in [0.15, 0.2) is 5.71 Å². The highest BCUT2D eigenvalue weighted by atomic mass is 16.6. The van der Waals surface area contributed by atoms with E-state index in [0.29, 0.717) is 0 Å².